The largest absolute Gasteiger partial charge is 0.401 e. The molecule has 12 heavy (non-hydrogen) atoms. The Morgan fingerprint density at radius 2 is 2.17 bits per heavy atom. The Hall–Kier alpha value is -0.780. The normalized spacial score (nSPS) is 20.8. The molecule has 0 saturated carbocycles. The van der Waals surface area contributed by atoms with Crippen molar-refractivity contribution < 1.29 is 18.0 Å². The summed E-state index contributed by atoms with van der Waals surface area (Å²) in [6.07, 6.45) is -4.21. The molecule has 0 atom stereocenters. The lowest BCUT2D eigenvalue weighted by Gasteiger charge is -2.26. The Bertz CT molecular complexity index is 180. The van der Waals surface area contributed by atoms with Gasteiger partial charge in [0.1, 0.15) is 0 Å². The van der Waals surface area contributed by atoms with Crippen LogP contribution in [0, 0.1) is 0 Å². The van der Waals surface area contributed by atoms with Crippen LogP contribution in [0.4, 0.5) is 13.2 Å². The van der Waals surface area contributed by atoms with Crippen LogP contribution in [0.1, 0.15) is 0 Å². The number of carbonyl (C=O) groups is 1. The third-order valence-corrected chi connectivity index (χ3v) is 1.52. The first-order valence-corrected chi connectivity index (χ1v) is 3.53. The van der Waals surface area contributed by atoms with Crippen molar-refractivity contribution in [3.63, 3.8) is 0 Å². The molecule has 6 heteroatoms. The zero-order valence-corrected chi connectivity index (χ0v) is 6.32. The highest BCUT2D eigenvalue weighted by Crippen LogP contribution is 2.16. The van der Waals surface area contributed by atoms with E-state index in [0.717, 1.165) is 4.90 Å². The lowest BCUT2D eigenvalue weighted by molar-refractivity contribution is -0.151. The molecule has 0 aromatic carbocycles. The van der Waals surface area contributed by atoms with E-state index in [9.17, 15) is 18.0 Å². The Balaban J connectivity index is 2.37. The molecule has 1 fully saturated rings. The van der Waals surface area contributed by atoms with E-state index < -0.39 is 12.7 Å². The first-order chi connectivity index (χ1) is 5.47. The first kappa shape index (κ1) is 9.31. The lowest BCUT2D eigenvalue weighted by Crippen LogP contribution is -2.50. The zero-order valence-electron chi connectivity index (χ0n) is 6.32. The highest BCUT2D eigenvalue weighted by atomic mass is 19.4. The summed E-state index contributed by atoms with van der Waals surface area (Å²) in [6, 6.07) is 0. The van der Waals surface area contributed by atoms with Gasteiger partial charge in [0.05, 0.1) is 13.1 Å². The molecule has 0 aromatic heterocycles. The monoisotopic (exact) mass is 182 g/mol. The van der Waals surface area contributed by atoms with Gasteiger partial charge in [-0.05, 0) is 0 Å². The summed E-state index contributed by atoms with van der Waals surface area (Å²) in [4.78, 5) is 11.7. The van der Waals surface area contributed by atoms with E-state index in [4.69, 9.17) is 0 Å². The van der Waals surface area contributed by atoms with E-state index in [1.807, 2.05) is 0 Å². The van der Waals surface area contributed by atoms with Gasteiger partial charge in [0, 0.05) is 13.1 Å². The molecule has 1 rings (SSSR count). The third kappa shape index (κ3) is 3.08. The fourth-order valence-corrected chi connectivity index (χ4v) is 1.08. The highest BCUT2D eigenvalue weighted by Gasteiger charge is 2.32. The maximum Gasteiger partial charge on any atom is 0.401 e. The van der Waals surface area contributed by atoms with Gasteiger partial charge in [-0.15, -0.1) is 0 Å². The van der Waals surface area contributed by atoms with Crippen LogP contribution in [-0.2, 0) is 4.79 Å². The summed E-state index contributed by atoms with van der Waals surface area (Å²) in [5.74, 6) is -0.342. The number of halogens is 3. The standard InChI is InChI=1S/C6H9F3N2O/c7-6(8,9)4-11-2-1-10-5(12)3-11/h1-4H2,(H,10,12). The van der Waals surface area contributed by atoms with Crippen LogP contribution in [0.3, 0.4) is 0 Å². The van der Waals surface area contributed by atoms with Crippen molar-refractivity contribution in [1.82, 2.24) is 10.2 Å². The third-order valence-electron chi connectivity index (χ3n) is 1.52. The van der Waals surface area contributed by atoms with Gasteiger partial charge < -0.3 is 5.32 Å². The molecule has 0 spiro atoms. The SMILES string of the molecule is O=C1CN(CC(F)(F)F)CCN1. The van der Waals surface area contributed by atoms with Crippen molar-refractivity contribution in [2.75, 3.05) is 26.2 Å². The first-order valence-electron chi connectivity index (χ1n) is 3.53. The van der Waals surface area contributed by atoms with Crippen LogP contribution in [0.25, 0.3) is 0 Å². The minimum atomic E-state index is -4.21. The minimum Gasteiger partial charge on any atom is -0.354 e. The van der Waals surface area contributed by atoms with E-state index in [1.165, 1.54) is 0 Å². The van der Waals surface area contributed by atoms with Gasteiger partial charge in [0.15, 0.2) is 0 Å². The van der Waals surface area contributed by atoms with Crippen LogP contribution < -0.4 is 5.32 Å². The predicted octanol–water partition coefficient (Wildman–Crippen LogP) is -0.0195. The van der Waals surface area contributed by atoms with Gasteiger partial charge in [0.25, 0.3) is 0 Å². The number of hydrogen-bond donors (Lipinski definition) is 1. The molecule has 70 valence electrons. The maximum atomic E-state index is 11.8. The maximum absolute atomic E-state index is 11.8. The van der Waals surface area contributed by atoms with Crippen LogP contribution in [-0.4, -0.2) is 43.2 Å². The number of nitrogens with one attached hydrogen (secondary N) is 1. The van der Waals surface area contributed by atoms with E-state index >= 15 is 0 Å². The molecule has 1 saturated heterocycles. The fourth-order valence-electron chi connectivity index (χ4n) is 1.08. The van der Waals surface area contributed by atoms with Crippen molar-refractivity contribution in [2.24, 2.45) is 0 Å². The van der Waals surface area contributed by atoms with Gasteiger partial charge >= 0.3 is 6.18 Å². The molecular weight excluding hydrogens is 173 g/mol. The molecule has 0 aliphatic carbocycles. The molecule has 1 heterocycles. The van der Waals surface area contributed by atoms with E-state index in [0.29, 0.717) is 6.54 Å². The predicted molar refractivity (Wildman–Crippen MR) is 35.5 cm³/mol. The van der Waals surface area contributed by atoms with Crippen LogP contribution in [0.2, 0.25) is 0 Å². The van der Waals surface area contributed by atoms with Crippen molar-refractivity contribution in [3.8, 4) is 0 Å². The van der Waals surface area contributed by atoms with Crippen LogP contribution in [0.5, 0.6) is 0 Å². The summed E-state index contributed by atoms with van der Waals surface area (Å²) >= 11 is 0. The average Bonchev–Trinajstić information content (AvgIpc) is 1.82. The number of hydrogen-bond acceptors (Lipinski definition) is 2. The topological polar surface area (TPSA) is 32.3 Å². The molecule has 1 amide bonds. The summed E-state index contributed by atoms with van der Waals surface area (Å²) < 4.78 is 35.4. The summed E-state index contributed by atoms with van der Waals surface area (Å²) in [5, 5.41) is 2.45. The van der Waals surface area contributed by atoms with Crippen molar-refractivity contribution in [2.45, 2.75) is 6.18 Å². The van der Waals surface area contributed by atoms with Crippen molar-refractivity contribution >= 4 is 5.91 Å². The minimum absolute atomic E-state index is 0.153. The van der Waals surface area contributed by atoms with Gasteiger partial charge in [-0.3, -0.25) is 9.69 Å². The molecule has 1 aliphatic heterocycles. The number of carbonyl (C=O) groups excluding carboxylic acids is 1. The van der Waals surface area contributed by atoms with Gasteiger partial charge in [-0.25, -0.2) is 0 Å². The fraction of sp³-hybridized carbons (Fsp3) is 0.833. The Morgan fingerprint density at radius 3 is 2.67 bits per heavy atom. The van der Waals surface area contributed by atoms with Gasteiger partial charge in [0.2, 0.25) is 5.91 Å². The molecule has 1 aliphatic rings. The molecule has 0 unspecified atom stereocenters. The molecule has 3 nitrogen and oxygen atoms in total. The van der Waals surface area contributed by atoms with Crippen LogP contribution in [0.15, 0.2) is 0 Å². The second kappa shape index (κ2) is 3.30. The van der Waals surface area contributed by atoms with Crippen LogP contribution >= 0.6 is 0 Å². The van der Waals surface area contributed by atoms with Crippen molar-refractivity contribution in [1.29, 1.82) is 0 Å². The summed E-state index contributed by atoms with van der Waals surface area (Å²) in [6.45, 7) is -0.583. The van der Waals surface area contributed by atoms with Gasteiger partial charge in [-0.2, -0.15) is 13.2 Å². The Labute approximate surface area is 67.5 Å². The van der Waals surface area contributed by atoms with E-state index in [-0.39, 0.29) is 19.0 Å². The second-order valence-corrected chi connectivity index (χ2v) is 2.68. The Morgan fingerprint density at radius 1 is 1.50 bits per heavy atom. The second-order valence-electron chi connectivity index (χ2n) is 2.68. The zero-order chi connectivity index (χ0) is 9.19. The molecular formula is C6H9F3N2O. The lowest BCUT2D eigenvalue weighted by atomic mass is 10.3. The summed E-state index contributed by atoms with van der Waals surface area (Å²) in [5.41, 5.74) is 0. The number of amides is 1. The summed E-state index contributed by atoms with van der Waals surface area (Å²) in [7, 11) is 0. The molecule has 0 aromatic rings. The molecule has 0 radical (unpaired) electrons. The average molecular weight is 182 g/mol. The van der Waals surface area contributed by atoms with E-state index in [2.05, 4.69) is 5.32 Å². The number of nitrogens with zero attached hydrogens (tertiary/aromatic N) is 1. The number of alkyl halides is 3. The molecule has 1 N–H and O–H groups in total. The highest BCUT2D eigenvalue weighted by molar-refractivity contribution is 5.78. The molecule has 0 bridgehead atoms. The smallest absolute Gasteiger partial charge is 0.354 e. The number of piperazine rings is 1. The van der Waals surface area contributed by atoms with Gasteiger partial charge in [-0.1, -0.05) is 0 Å². The van der Waals surface area contributed by atoms with E-state index in [1.54, 1.807) is 0 Å². The quantitative estimate of drug-likeness (QED) is 0.618. The van der Waals surface area contributed by atoms with Crippen molar-refractivity contribution in [3.05, 3.63) is 0 Å². The number of rotatable bonds is 1. The Kier molecular flexibility index (Phi) is 2.56.